The van der Waals surface area contributed by atoms with E-state index in [1.807, 2.05) is 67.8 Å². The Morgan fingerprint density at radius 2 is 1.27 bits per heavy atom. The maximum absolute atomic E-state index is 13.9. The number of urea groups is 1. The number of aryl methyl sites for hydroxylation is 2. The highest BCUT2D eigenvalue weighted by molar-refractivity contribution is 6.46. The van der Waals surface area contributed by atoms with Gasteiger partial charge in [0.05, 0.1) is 11.4 Å². The summed E-state index contributed by atoms with van der Waals surface area (Å²) in [5, 5.41) is 0. The van der Waals surface area contributed by atoms with Gasteiger partial charge in [-0.1, -0.05) is 48.0 Å². The SMILES string of the molecule is Cc1ccc(N2C(=O)/C(=C/c3cc(C)n(-c4ccc(OCc5ccc(F)cc5)cc4)c3C)C(=O)N(c3ccccc3)C2=O)cc1. The molecule has 5 aromatic rings. The van der Waals surface area contributed by atoms with Crippen LogP contribution in [0.25, 0.3) is 11.8 Å². The summed E-state index contributed by atoms with van der Waals surface area (Å²) >= 11 is 0. The van der Waals surface area contributed by atoms with E-state index in [1.165, 1.54) is 12.1 Å². The van der Waals surface area contributed by atoms with Crippen molar-refractivity contribution >= 4 is 35.3 Å². The number of para-hydroxylation sites is 1. The lowest BCUT2D eigenvalue weighted by molar-refractivity contribution is -0.121. The van der Waals surface area contributed by atoms with Crippen molar-refractivity contribution in [2.75, 3.05) is 9.80 Å². The summed E-state index contributed by atoms with van der Waals surface area (Å²) in [5.74, 6) is -1.01. The van der Waals surface area contributed by atoms with Gasteiger partial charge in [0.1, 0.15) is 23.7 Å². The third-order valence-electron chi connectivity index (χ3n) is 7.74. The summed E-state index contributed by atoms with van der Waals surface area (Å²) in [4.78, 5) is 43.4. The fraction of sp³-hybridized carbons (Fsp3) is 0.108. The number of nitrogens with zero attached hydrogens (tertiary/aromatic N) is 3. The Kier molecular flexibility index (Phi) is 7.87. The van der Waals surface area contributed by atoms with E-state index in [2.05, 4.69) is 0 Å². The monoisotopic (exact) mass is 599 g/mol. The van der Waals surface area contributed by atoms with E-state index in [1.54, 1.807) is 60.7 Å². The average molecular weight is 600 g/mol. The molecule has 0 atom stereocenters. The second-order valence-corrected chi connectivity index (χ2v) is 10.9. The molecule has 1 aliphatic rings. The number of rotatable bonds is 7. The highest BCUT2D eigenvalue weighted by Crippen LogP contribution is 2.31. The van der Waals surface area contributed by atoms with Gasteiger partial charge in [0.15, 0.2) is 0 Å². The van der Waals surface area contributed by atoms with Gasteiger partial charge in [-0.3, -0.25) is 9.59 Å². The van der Waals surface area contributed by atoms with E-state index >= 15 is 0 Å². The molecule has 0 unspecified atom stereocenters. The van der Waals surface area contributed by atoms with Gasteiger partial charge in [0.25, 0.3) is 11.8 Å². The number of halogens is 1. The maximum Gasteiger partial charge on any atom is 0.343 e. The van der Waals surface area contributed by atoms with Crippen molar-refractivity contribution in [2.24, 2.45) is 0 Å². The Bertz CT molecular complexity index is 1930. The molecule has 1 saturated heterocycles. The minimum Gasteiger partial charge on any atom is -0.489 e. The van der Waals surface area contributed by atoms with Crippen LogP contribution in [0.1, 0.15) is 28.1 Å². The summed E-state index contributed by atoms with van der Waals surface area (Å²) in [6.45, 7) is 6.08. The number of benzene rings is 4. The lowest BCUT2D eigenvalue weighted by Gasteiger charge is -2.34. The zero-order valence-electron chi connectivity index (χ0n) is 25.0. The quantitative estimate of drug-likeness (QED) is 0.142. The van der Waals surface area contributed by atoms with E-state index in [-0.39, 0.29) is 11.4 Å². The predicted molar refractivity (Wildman–Crippen MR) is 172 cm³/mol. The van der Waals surface area contributed by atoms with Crippen LogP contribution in [0.2, 0.25) is 0 Å². The fourth-order valence-corrected chi connectivity index (χ4v) is 5.38. The molecular weight excluding hydrogens is 569 g/mol. The normalized spacial score (nSPS) is 14.4. The molecule has 0 radical (unpaired) electrons. The van der Waals surface area contributed by atoms with Crippen molar-refractivity contribution in [1.82, 2.24) is 4.57 Å². The Morgan fingerprint density at radius 1 is 0.689 bits per heavy atom. The number of aromatic nitrogens is 1. The van der Waals surface area contributed by atoms with Gasteiger partial charge in [-0.05, 0) is 105 Å². The Morgan fingerprint density at radius 3 is 1.89 bits per heavy atom. The number of barbiturate groups is 1. The summed E-state index contributed by atoms with van der Waals surface area (Å²) in [7, 11) is 0. The highest BCUT2D eigenvalue weighted by Gasteiger charge is 2.43. The van der Waals surface area contributed by atoms with Gasteiger partial charge < -0.3 is 9.30 Å². The molecule has 45 heavy (non-hydrogen) atoms. The van der Waals surface area contributed by atoms with Gasteiger partial charge in [-0.2, -0.15) is 0 Å². The standard InChI is InChI=1S/C37H30FN3O4/c1-24-9-15-32(16-10-24)41-36(43)34(35(42)40(37(41)44)30-7-5-4-6-8-30)22-28-21-25(2)39(26(28)3)31-17-19-33(20-18-31)45-23-27-11-13-29(38)14-12-27/h4-22H,23H2,1-3H3/b34-22+. The van der Waals surface area contributed by atoms with Crippen LogP contribution in [-0.2, 0) is 16.2 Å². The zero-order chi connectivity index (χ0) is 31.7. The van der Waals surface area contributed by atoms with Crippen LogP contribution in [0.15, 0.2) is 115 Å². The molecule has 8 heteroatoms. The molecular formula is C37H30FN3O4. The van der Waals surface area contributed by atoms with Crippen LogP contribution < -0.4 is 14.5 Å². The molecule has 4 aromatic carbocycles. The van der Waals surface area contributed by atoms with Gasteiger partial charge in [0.2, 0.25) is 0 Å². The average Bonchev–Trinajstić information content (AvgIpc) is 3.32. The molecule has 1 aliphatic heterocycles. The van der Waals surface area contributed by atoms with Gasteiger partial charge >= 0.3 is 6.03 Å². The number of amides is 4. The molecule has 2 heterocycles. The third kappa shape index (κ3) is 5.78. The molecule has 0 bridgehead atoms. The largest absolute Gasteiger partial charge is 0.489 e. The van der Waals surface area contributed by atoms with Crippen molar-refractivity contribution < 1.29 is 23.5 Å². The lowest BCUT2D eigenvalue weighted by Crippen LogP contribution is -2.57. The number of carbonyl (C=O) groups is 3. The second-order valence-electron chi connectivity index (χ2n) is 10.9. The predicted octanol–water partition coefficient (Wildman–Crippen LogP) is 7.70. The van der Waals surface area contributed by atoms with Crippen LogP contribution in [0, 0.1) is 26.6 Å². The van der Waals surface area contributed by atoms with Crippen molar-refractivity contribution in [3.05, 3.63) is 149 Å². The fourth-order valence-electron chi connectivity index (χ4n) is 5.38. The Labute approximate surface area is 260 Å². The molecule has 1 fully saturated rings. The van der Waals surface area contributed by atoms with Gasteiger partial charge in [0, 0.05) is 17.1 Å². The van der Waals surface area contributed by atoms with Crippen molar-refractivity contribution in [3.8, 4) is 11.4 Å². The summed E-state index contributed by atoms with van der Waals surface area (Å²) in [5.41, 5.74) is 5.70. The zero-order valence-corrected chi connectivity index (χ0v) is 25.0. The Balaban J connectivity index is 1.33. The number of imide groups is 2. The number of ether oxygens (including phenoxy) is 1. The first-order chi connectivity index (χ1) is 21.7. The smallest absolute Gasteiger partial charge is 0.343 e. The van der Waals surface area contributed by atoms with Crippen molar-refractivity contribution in [3.63, 3.8) is 0 Å². The van der Waals surface area contributed by atoms with Crippen molar-refractivity contribution in [2.45, 2.75) is 27.4 Å². The molecule has 7 nitrogen and oxygen atoms in total. The van der Waals surface area contributed by atoms with E-state index in [4.69, 9.17) is 4.74 Å². The summed E-state index contributed by atoms with van der Waals surface area (Å²) in [6.07, 6.45) is 1.56. The van der Waals surface area contributed by atoms with Crippen LogP contribution >= 0.6 is 0 Å². The van der Waals surface area contributed by atoms with Crippen LogP contribution in [0.4, 0.5) is 20.6 Å². The molecule has 1 aromatic heterocycles. The van der Waals surface area contributed by atoms with Gasteiger partial charge in [-0.25, -0.2) is 19.0 Å². The molecule has 0 N–H and O–H groups in total. The molecule has 0 aliphatic carbocycles. The first-order valence-electron chi connectivity index (χ1n) is 14.4. The van der Waals surface area contributed by atoms with E-state index in [9.17, 15) is 18.8 Å². The maximum atomic E-state index is 13.9. The molecule has 0 spiro atoms. The third-order valence-corrected chi connectivity index (χ3v) is 7.74. The van der Waals surface area contributed by atoms with Crippen molar-refractivity contribution in [1.29, 1.82) is 0 Å². The second kappa shape index (κ2) is 12.1. The number of hydrogen-bond donors (Lipinski definition) is 0. The minimum absolute atomic E-state index is 0.121. The minimum atomic E-state index is -0.732. The first kappa shape index (κ1) is 29.3. The number of carbonyl (C=O) groups excluding carboxylic acids is 3. The Hall–Kier alpha value is -5.76. The van der Waals surface area contributed by atoms with E-state index in [0.29, 0.717) is 29.3 Å². The molecule has 4 amide bonds. The van der Waals surface area contributed by atoms with Crippen LogP contribution in [0.3, 0.4) is 0 Å². The van der Waals surface area contributed by atoms with Crippen LogP contribution in [0.5, 0.6) is 5.75 Å². The summed E-state index contributed by atoms with van der Waals surface area (Å²) in [6, 6.07) is 30.5. The highest BCUT2D eigenvalue weighted by atomic mass is 19.1. The molecule has 0 saturated carbocycles. The summed E-state index contributed by atoms with van der Waals surface area (Å²) < 4.78 is 21.1. The topological polar surface area (TPSA) is 71.8 Å². The van der Waals surface area contributed by atoms with Gasteiger partial charge in [-0.15, -0.1) is 0 Å². The first-order valence-corrected chi connectivity index (χ1v) is 14.4. The number of hydrogen-bond acceptors (Lipinski definition) is 4. The lowest BCUT2D eigenvalue weighted by atomic mass is 10.0. The van der Waals surface area contributed by atoms with Crippen LogP contribution in [-0.4, -0.2) is 22.4 Å². The van der Waals surface area contributed by atoms with E-state index < -0.39 is 17.8 Å². The molecule has 224 valence electrons. The van der Waals surface area contributed by atoms with E-state index in [0.717, 1.165) is 38.0 Å². The molecule has 6 rings (SSSR count). The number of anilines is 2.